The van der Waals surface area contributed by atoms with E-state index in [1.54, 1.807) is 0 Å². The fourth-order valence-corrected chi connectivity index (χ4v) is 2.22. The second kappa shape index (κ2) is 6.52. The van der Waals surface area contributed by atoms with E-state index in [0.29, 0.717) is 23.7 Å². The monoisotopic (exact) mass is 262 g/mol. The lowest BCUT2D eigenvalue weighted by atomic mass is 10.0. The molecule has 0 aliphatic rings. The van der Waals surface area contributed by atoms with E-state index < -0.39 is 0 Å². The Labute approximate surface area is 113 Å². The van der Waals surface area contributed by atoms with Gasteiger partial charge < -0.3 is 14.8 Å². The average Bonchev–Trinajstić information content (AvgIpc) is 2.97. The smallest absolute Gasteiger partial charge is 0.228 e. The maximum atomic E-state index is 5.33. The summed E-state index contributed by atoms with van der Waals surface area (Å²) in [6, 6.07) is 4.25. The molecule has 19 heavy (non-hydrogen) atoms. The predicted octanol–water partition coefficient (Wildman–Crippen LogP) is 2.63. The normalized spacial score (nSPS) is 13.1. The summed E-state index contributed by atoms with van der Waals surface area (Å²) in [5, 5.41) is 7.48. The van der Waals surface area contributed by atoms with Gasteiger partial charge in [-0.1, -0.05) is 25.9 Å². The number of aromatic amines is 1. The van der Waals surface area contributed by atoms with Gasteiger partial charge in [-0.2, -0.15) is 4.98 Å². The number of likely N-dealkylation sites (N-methyl/N-ethyl adjacent to an activating group) is 1. The van der Waals surface area contributed by atoms with Crippen LogP contribution in [0.25, 0.3) is 11.5 Å². The zero-order valence-electron chi connectivity index (χ0n) is 11.8. The minimum Gasteiger partial charge on any atom is -0.359 e. The van der Waals surface area contributed by atoms with Crippen LogP contribution in [-0.2, 0) is 6.42 Å². The fraction of sp³-hybridized carbons (Fsp3) is 0.571. The van der Waals surface area contributed by atoms with Crippen molar-refractivity contribution in [1.82, 2.24) is 20.4 Å². The van der Waals surface area contributed by atoms with Crippen LogP contribution in [0.1, 0.15) is 33.1 Å². The van der Waals surface area contributed by atoms with Gasteiger partial charge in [-0.05, 0) is 31.0 Å². The van der Waals surface area contributed by atoms with Gasteiger partial charge in [0.25, 0.3) is 0 Å². The van der Waals surface area contributed by atoms with Crippen molar-refractivity contribution in [3.05, 3.63) is 24.2 Å². The van der Waals surface area contributed by atoms with Crippen LogP contribution >= 0.6 is 0 Å². The third-order valence-corrected chi connectivity index (χ3v) is 2.98. The Hall–Kier alpha value is -1.62. The highest BCUT2D eigenvalue weighted by Crippen LogP contribution is 2.15. The van der Waals surface area contributed by atoms with Crippen molar-refractivity contribution < 1.29 is 4.52 Å². The molecule has 104 valence electrons. The van der Waals surface area contributed by atoms with E-state index in [1.807, 2.05) is 18.3 Å². The molecule has 0 aliphatic carbocycles. The maximum Gasteiger partial charge on any atom is 0.228 e. The molecule has 2 rings (SSSR count). The first kappa shape index (κ1) is 13.8. The van der Waals surface area contributed by atoms with Gasteiger partial charge >= 0.3 is 0 Å². The van der Waals surface area contributed by atoms with Crippen LogP contribution in [0.15, 0.2) is 22.9 Å². The molecule has 2 aromatic heterocycles. The highest BCUT2D eigenvalue weighted by Gasteiger charge is 2.16. The number of hydrogen-bond acceptors (Lipinski definition) is 4. The lowest BCUT2D eigenvalue weighted by Gasteiger charge is -2.17. The van der Waals surface area contributed by atoms with E-state index >= 15 is 0 Å². The molecule has 0 spiro atoms. The molecule has 0 aliphatic heterocycles. The topological polar surface area (TPSA) is 66.7 Å². The van der Waals surface area contributed by atoms with Crippen molar-refractivity contribution in [3.63, 3.8) is 0 Å². The van der Waals surface area contributed by atoms with E-state index in [2.05, 4.69) is 41.2 Å². The molecule has 0 radical (unpaired) electrons. The van der Waals surface area contributed by atoms with E-state index in [9.17, 15) is 0 Å². The van der Waals surface area contributed by atoms with E-state index in [-0.39, 0.29) is 0 Å². The molecule has 0 amide bonds. The molecule has 2 N–H and O–H groups in total. The number of H-pyrrole nitrogens is 1. The summed E-state index contributed by atoms with van der Waals surface area (Å²) >= 11 is 0. The number of nitrogens with one attached hydrogen (secondary N) is 2. The van der Waals surface area contributed by atoms with Crippen LogP contribution in [0.5, 0.6) is 0 Å². The Morgan fingerprint density at radius 1 is 1.42 bits per heavy atom. The molecule has 2 aromatic rings. The van der Waals surface area contributed by atoms with Gasteiger partial charge in [0.1, 0.15) is 0 Å². The summed E-state index contributed by atoms with van der Waals surface area (Å²) in [5.41, 5.74) is 0.888. The first-order chi connectivity index (χ1) is 9.19. The summed E-state index contributed by atoms with van der Waals surface area (Å²) in [5.74, 6) is 1.96. The van der Waals surface area contributed by atoms with Crippen molar-refractivity contribution in [2.75, 3.05) is 6.54 Å². The average molecular weight is 262 g/mol. The molecule has 1 atom stereocenters. The first-order valence-electron chi connectivity index (χ1n) is 6.88. The lowest BCUT2D eigenvalue weighted by molar-refractivity contribution is 0.340. The highest BCUT2D eigenvalue weighted by molar-refractivity contribution is 5.47. The molecule has 2 heterocycles. The van der Waals surface area contributed by atoms with Crippen molar-refractivity contribution in [1.29, 1.82) is 0 Å². The van der Waals surface area contributed by atoms with E-state index in [0.717, 1.165) is 25.1 Å². The van der Waals surface area contributed by atoms with Crippen LogP contribution in [0.2, 0.25) is 0 Å². The van der Waals surface area contributed by atoms with Crippen molar-refractivity contribution in [2.24, 2.45) is 5.92 Å². The third-order valence-electron chi connectivity index (χ3n) is 2.98. The lowest BCUT2D eigenvalue weighted by Crippen LogP contribution is -2.32. The SMILES string of the molecule is CCNC(Cc1nc(-c2ccc[nH]2)no1)CC(C)C. The predicted molar refractivity (Wildman–Crippen MR) is 74.7 cm³/mol. The Kier molecular flexibility index (Phi) is 4.74. The largest absolute Gasteiger partial charge is 0.359 e. The Morgan fingerprint density at radius 2 is 2.26 bits per heavy atom. The number of hydrogen-bond donors (Lipinski definition) is 2. The van der Waals surface area contributed by atoms with Crippen LogP contribution < -0.4 is 5.32 Å². The molecule has 1 unspecified atom stereocenters. The first-order valence-corrected chi connectivity index (χ1v) is 6.88. The van der Waals surface area contributed by atoms with E-state index in [1.165, 1.54) is 0 Å². The standard InChI is InChI=1S/C14H22N4O/c1-4-15-11(8-10(2)3)9-13-17-14(18-19-13)12-6-5-7-16-12/h5-7,10-11,15-16H,4,8-9H2,1-3H3. The molecule has 5 nitrogen and oxygen atoms in total. The Bertz CT molecular complexity index is 475. The summed E-state index contributed by atoms with van der Waals surface area (Å²) in [6.07, 6.45) is 3.74. The van der Waals surface area contributed by atoms with Gasteiger partial charge in [0, 0.05) is 18.7 Å². The van der Waals surface area contributed by atoms with E-state index in [4.69, 9.17) is 4.52 Å². The zero-order chi connectivity index (χ0) is 13.7. The second-order valence-corrected chi connectivity index (χ2v) is 5.18. The molecule has 5 heteroatoms. The molecule has 0 bridgehead atoms. The van der Waals surface area contributed by atoms with Crippen LogP contribution in [-0.4, -0.2) is 27.7 Å². The second-order valence-electron chi connectivity index (χ2n) is 5.18. The van der Waals surface area contributed by atoms with Gasteiger partial charge in [0.15, 0.2) is 0 Å². The summed E-state index contributed by atoms with van der Waals surface area (Å²) in [4.78, 5) is 7.51. The van der Waals surface area contributed by atoms with Gasteiger partial charge in [-0.25, -0.2) is 0 Å². The third kappa shape index (κ3) is 3.92. The Balaban J connectivity index is 2.01. The minimum atomic E-state index is 0.391. The Morgan fingerprint density at radius 3 is 2.89 bits per heavy atom. The van der Waals surface area contributed by atoms with Gasteiger partial charge in [-0.3, -0.25) is 0 Å². The number of rotatable bonds is 7. The van der Waals surface area contributed by atoms with Crippen molar-refractivity contribution in [2.45, 2.75) is 39.7 Å². The summed E-state index contributed by atoms with van der Waals surface area (Å²) < 4.78 is 5.33. The van der Waals surface area contributed by atoms with Gasteiger partial charge in [-0.15, -0.1) is 0 Å². The van der Waals surface area contributed by atoms with Gasteiger partial charge in [0.05, 0.1) is 5.69 Å². The molecule has 0 fully saturated rings. The van der Waals surface area contributed by atoms with Crippen LogP contribution in [0.3, 0.4) is 0 Å². The quantitative estimate of drug-likeness (QED) is 0.805. The minimum absolute atomic E-state index is 0.391. The molecule has 0 saturated carbocycles. The summed E-state index contributed by atoms with van der Waals surface area (Å²) in [6.45, 7) is 7.52. The van der Waals surface area contributed by atoms with Crippen molar-refractivity contribution in [3.8, 4) is 11.5 Å². The highest BCUT2D eigenvalue weighted by atomic mass is 16.5. The molecular weight excluding hydrogens is 240 g/mol. The molecular formula is C14H22N4O. The fourth-order valence-electron chi connectivity index (χ4n) is 2.22. The molecule has 0 aromatic carbocycles. The van der Waals surface area contributed by atoms with Gasteiger partial charge in [0.2, 0.25) is 11.7 Å². The maximum absolute atomic E-state index is 5.33. The number of nitrogens with zero attached hydrogens (tertiary/aromatic N) is 2. The van der Waals surface area contributed by atoms with Crippen molar-refractivity contribution >= 4 is 0 Å². The summed E-state index contributed by atoms with van der Waals surface area (Å²) in [7, 11) is 0. The van der Waals surface area contributed by atoms with Crippen LogP contribution in [0, 0.1) is 5.92 Å². The molecule has 0 saturated heterocycles. The zero-order valence-corrected chi connectivity index (χ0v) is 11.8. The number of aromatic nitrogens is 3. The van der Waals surface area contributed by atoms with Crippen LogP contribution in [0.4, 0.5) is 0 Å².